The third-order valence-electron chi connectivity index (χ3n) is 2.73. The van der Waals surface area contributed by atoms with Crippen LogP contribution in [0.3, 0.4) is 0 Å². The van der Waals surface area contributed by atoms with Gasteiger partial charge in [-0.25, -0.2) is 0 Å². The summed E-state index contributed by atoms with van der Waals surface area (Å²) in [6.07, 6.45) is 2.87. The van der Waals surface area contributed by atoms with Gasteiger partial charge in [-0.05, 0) is 19.6 Å². The van der Waals surface area contributed by atoms with Crippen molar-refractivity contribution >= 4 is 23.9 Å². The Labute approximate surface area is 168 Å². The smallest absolute Gasteiger partial charge is 0.165 e. The molecule has 0 amide bonds. The molecule has 1 rings (SSSR count). The molecule has 7 nitrogen and oxygen atoms in total. The number of nitrogens with zero attached hydrogens (tertiary/aromatic N) is 3. The molecular weight excluding hydrogens is 387 g/mol. The Morgan fingerprint density at radius 2 is 1.83 bits per heavy atom. The molecule has 8 heteroatoms. The number of rotatable bonds is 8. The van der Waals surface area contributed by atoms with E-state index in [4.69, 9.17) is 4.84 Å². The number of carbonyl (C=O) groups excluding carboxylic acids is 1. The van der Waals surface area contributed by atoms with Crippen molar-refractivity contribution in [2.45, 2.75) is 20.0 Å². The van der Waals surface area contributed by atoms with E-state index in [1.54, 1.807) is 44.4 Å². The van der Waals surface area contributed by atoms with Crippen molar-refractivity contribution in [3.8, 4) is 0 Å². The van der Waals surface area contributed by atoms with Crippen molar-refractivity contribution in [3.05, 3.63) is 42.8 Å². The van der Waals surface area contributed by atoms with Crippen molar-refractivity contribution in [2.24, 2.45) is 15.5 Å². The molecule has 1 radical (unpaired) electrons. The van der Waals surface area contributed by atoms with Crippen LogP contribution in [-0.4, -0.2) is 44.2 Å². The normalized spacial score (nSPS) is 12.7. The maximum absolute atomic E-state index is 10.9. The summed E-state index contributed by atoms with van der Waals surface area (Å²) in [5.41, 5.74) is 1.89. The molecule has 0 fully saturated rings. The van der Waals surface area contributed by atoms with Crippen LogP contribution in [0.15, 0.2) is 39.7 Å². The third-order valence-corrected chi connectivity index (χ3v) is 2.73. The fraction of sp³-hybridized carbons (Fsp3) is 0.312. The van der Waals surface area contributed by atoms with Gasteiger partial charge in [0.2, 0.25) is 0 Å². The van der Waals surface area contributed by atoms with Gasteiger partial charge in [0.1, 0.15) is 14.2 Å². The molecule has 0 saturated carbocycles. The minimum atomic E-state index is -0.340. The van der Waals surface area contributed by atoms with E-state index in [1.165, 1.54) is 20.4 Å². The summed E-state index contributed by atoms with van der Waals surface area (Å²) < 4.78 is 0. The van der Waals surface area contributed by atoms with E-state index in [0.717, 1.165) is 0 Å². The van der Waals surface area contributed by atoms with Gasteiger partial charge in [0.15, 0.2) is 6.10 Å². The van der Waals surface area contributed by atoms with Gasteiger partial charge < -0.3 is 26.7 Å². The topological polar surface area (TPSA) is 81.8 Å². The molecule has 0 bridgehead atoms. The Kier molecular flexibility index (Phi) is 14.2. The SMILES string of the molecule is CO/N=C(/[C-]=O)c1ccccc1/C=N/OC(C)/C(C)=N/OC.[CH3-].[Y]. The summed E-state index contributed by atoms with van der Waals surface area (Å²) in [6.45, 7) is 3.56. The van der Waals surface area contributed by atoms with Crippen LogP contribution in [0, 0.1) is 7.43 Å². The first kappa shape index (κ1) is 24.7. The van der Waals surface area contributed by atoms with E-state index in [9.17, 15) is 4.79 Å². The van der Waals surface area contributed by atoms with E-state index in [-0.39, 0.29) is 52.0 Å². The van der Waals surface area contributed by atoms with Gasteiger partial charge in [-0.3, -0.25) is 0 Å². The first-order valence-electron chi connectivity index (χ1n) is 6.49. The monoisotopic (exact) mass is 408 g/mol. The van der Waals surface area contributed by atoms with Gasteiger partial charge in [-0.1, -0.05) is 34.1 Å². The molecule has 0 aromatic heterocycles. The Hall–Kier alpha value is -1.60. The van der Waals surface area contributed by atoms with Crippen LogP contribution in [0.2, 0.25) is 0 Å². The average Bonchev–Trinajstić information content (AvgIpc) is 2.53. The van der Waals surface area contributed by atoms with Crippen molar-refractivity contribution < 1.29 is 52.0 Å². The zero-order valence-corrected chi connectivity index (χ0v) is 17.4. The van der Waals surface area contributed by atoms with Crippen LogP contribution in [0.4, 0.5) is 0 Å². The van der Waals surface area contributed by atoms with E-state index < -0.39 is 0 Å². The summed E-state index contributed by atoms with van der Waals surface area (Å²) in [5.74, 6) is 0. The molecule has 24 heavy (non-hydrogen) atoms. The maximum atomic E-state index is 10.9. The first-order chi connectivity index (χ1) is 10.6. The van der Waals surface area contributed by atoms with Crippen molar-refractivity contribution in [1.82, 2.24) is 0 Å². The molecule has 0 aliphatic carbocycles. The van der Waals surface area contributed by atoms with Gasteiger partial charge >= 0.3 is 0 Å². The second-order valence-corrected chi connectivity index (χ2v) is 4.21. The summed E-state index contributed by atoms with van der Waals surface area (Å²) in [5, 5.41) is 11.3. The van der Waals surface area contributed by atoms with Crippen LogP contribution >= 0.6 is 0 Å². The van der Waals surface area contributed by atoms with Gasteiger partial charge in [0, 0.05) is 39.0 Å². The van der Waals surface area contributed by atoms with Crippen LogP contribution < -0.4 is 0 Å². The molecule has 0 saturated heterocycles. The van der Waals surface area contributed by atoms with Gasteiger partial charge in [0.05, 0.1) is 11.9 Å². The minimum Gasteiger partial charge on any atom is -0.417 e. The van der Waals surface area contributed by atoms with Gasteiger partial charge in [-0.15, -0.1) is 16.8 Å². The van der Waals surface area contributed by atoms with Gasteiger partial charge in [0.25, 0.3) is 0 Å². The molecule has 129 valence electrons. The Morgan fingerprint density at radius 1 is 1.21 bits per heavy atom. The second kappa shape index (κ2) is 13.8. The van der Waals surface area contributed by atoms with Crippen molar-refractivity contribution in [3.63, 3.8) is 0 Å². The number of hydrogen-bond donors (Lipinski definition) is 0. The first-order valence-corrected chi connectivity index (χ1v) is 6.49. The molecule has 1 aromatic rings. The Balaban J connectivity index is 0. The summed E-state index contributed by atoms with van der Waals surface area (Å²) >= 11 is 0. The summed E-state index contributed by atoms with van der Waals surface area (Å²) in [7, 11) is 2.82. The van der Waals surface area contributed by atoms with Crippen LogP contribution in [-0.2, 0) is 52.0 Å². The molecule has 0 aliphatic rings. The predicted molar refractivity (Wildman–Crippen MR) is 90.4 cm³/mol. The Bertz CT molecular complexity index is 588. The van der Waals surface area contributed by atoms with Gasteiger partial charge in [-0.2, -0.15) is 0 Å². The van der Waals surface area contributed by atoms with Crippen LogP contribution in [0.25, 0.3) is 0 Å². The number of hydrogen-bond acceptors (Lipinski definition) is 7. The third kappa shape index (κ3) is 7.79. The zero-order chi connectivity index (χ0) is 16.4. The molecule has 0 heterocycles. The average molecular weight is 408 g/mol. The standard InChI is InChI=1S/C15H18N3O4.CH3.Y/c1-11(17-20-3)12(2)22-16-9-13-7-5-6-8-14(13)15(10-19)18-21-4;;/h5-9,12H,1-4H3;1H3;/q2*-1;/b16-9+,17-11+,18-15-;;. The van der Waals surface area contributed by atoms with E-state index in [1.807, 2.05) is 0 Å². The molecule has 0 aliphatic heterocycles. The van der Waals surface area contributed by atoms with Crippen molar-refractivity contribution in [2.75, 3.05) is 14.2 Å². The van der Waals surface area contributed by atoms with E-state index >= 15 is 0 Å². The fourth-order valence-corrected chi connectivity index (χ4v) is 1.51. The Morgan fingerprint density at radius 3 is 2.42 bits per heavy atom. The summed E-state index contributed by atoms with van der Waals surface area (Å²) in [4.78, 5) is 25.5. The number of oxime groups is 3. The van der Waals surface area contributed by atoms with E-state index in [0.29, 0.717) is 16.8 Å². The molecule has 0 spiro atoms. The predicted octanol–water partition coefficient (Wildman–Crippen LogP) is 2.36. The maximum Gasteiger partial charge on any atom is 0.165 e. The molecule has 1 atom stereocenters. The zero-order valence-electron chi connectivity index (χ0n) is 14.5. The number of benzene rings is 1. The quantitative estimate of drug-likeness (QED) is 0.376. The molecule has 1 unspecified atom stereocenters. The molecule has 1 aromatic carbocycles. The summed E-state index contributed by atoms with van der Waals surface area (Å²) in [6, 6.07) is 7.06. The molecular formula is C16H21N3O4Y-2. The largest absolute Gasteiger partial charge is 0.417 e. The van der Waals surface area contributed by atoms with Crippen LogP contribution in [0.1, 0.15) is 25.0 Å². The van der Waals surface area contributed by atoms with Crippen molar-refractivity contribution in [1.29, 1.82) is 0 Å². The minimum absolute atomic E-state index is 0. The fourth-order valence-electron chi connectivity index (χ4n) is 1.51. The molecule has 0 N–H and O–H groups in total. The van der Waals surface area contributed by atoms with E-state index in [2.05, 4.69) is 25.1 Å². The second-order valence-electron chi connectivity index (χ2n) is 4.21. The van der Waals surface area contributed by atoms with Crippen LogP contribution in [0.5, 0.6) is 0 Å².